The molecule has 0 atom stereocenters. The average Bonchev–Trinajstić information content (AvgIpc) is 3.07. The fourth-order valence-electron chi connectivity index (χ4n) is 2.71. The van der Waals surface area contributed by atoms with Gasteiger partial charge in [0.25, 0.3) is 5.56 Å². The van der Waals surface area contributed by atoms with Crippen LogP contribution in [0.4, 0.5) is 0 Å². The molecule has 0 fully saturated rings. The van der Waals surface area contributed by atoms with Crippen molar-refractivity contribution < 1.29 is 0 Å². The number of hydrogen-bond acceptors (Lipinski definition) is 4. The number of hydrogen-bond donors (Lipinski definition) is 0. The van der Waals surface area contributed by atoms with Gasteiger partial charge in [0.05, 0.1) is 11.6 Å². The molecular formula is C20H15N3OS. The third-order valence-corrected chi connectivity index (χ3v) is 4.83. The molecule has 2 heterocycles. The molecule has 0 spiro atoms. The molecule has 0 aliphatic heterocycles. The number of aromatic nitrogens is 2. The van der Waals surface area contributed by atoms with Crippen molar-refractivity contribution in [3.63, 3.8) is 0 Å². The fraction of sp³-hybridized carbons (Fsp3) is 0.0500. The minimum Gasteiger partial charge on any atom is -0.267 e. The highest BCUT2D eigenvalue weighted by Crippen LogP contribution is 2.30. The van der Waals surface area contributed by atoms with Crippen LogP contribution in [0.5, 0.6) is 0 Å². The third kappa shape index (κ3) is 2.90. The first-order chi connectivity index (χ1) is 12.2. The van der Waals surface area contributed by atoms with E-state index in [1.165, 1.54) is 16.0 Å². The van der Waals surface area contributed by atoms with Gasteiger partial charge in [-0.05, 0) is 18.1 Å². The first-order valence-corrected chi connectivity index (χ1v) is 8.77. The van der Waals surface area contributed by atoms with Crippen molar-refractivity contribution in [2.75, 3.05) is 0 Å². The summed E-state index contributed by atoms with van der Waals surface area (Å²) >= 11 is 1.48. The minimum absolute atomic E-state index is 0.144. The van der Waals surface area contributed by atoms with Crippen LogP contribution >= 0.6 is 11.3 Å². The molecule has 4 aromatic rings. The Balaban J connectivity index is 1.89. The first-order valence-electron chi connectivity index (χ1n) is 7.90. The molecule has 122 valence electrons. The van der Waals surface area contributed by atoms with E-state index in [4.69, 9.17) is 0 Å². The fourth-order valence-corrected chi connectivity index (χ4v) is 3.70. The summed E-state index contributed by atoms with van der Waals surface area (Å²) in [5, 5.41) is 6.96. The van der Waals surface area contributed by atoms with Gasteiger partial charge in [0.2, 0.25) is 0 Å². The smallest absolute Gasteiger partial charge is 0.267 e. The summed E-state index contributed by atoms with van der Waals surface area (Å²) in [6, 6.07) is 19.6. The standard InChI is InChI=1S/C20H15N3OS/c1-14-22-19-18(17(13-25-19)16-10-6-3-7-11-16)20(24)23(14)21-12-15-8-4-2-5-9-15/h2-13H,1H3/b21-12-. The van der Waals surface area contributed by atoms with Gasteiger partial charge in [0, 0.05) is 10.9 Å². The van der Waals surface area contributed by atoms with Crippen LogP contribution in [0, 0.1) is 6.92 Å². The number of thiophene rings is 1. The van der Waals surface area contributed by atoms with E-state index in [-0.39, 0.29) is 5.56 Å². The Kier molecular flexibility index (Phi) is 3.99. The van der Waals surface area contributed by atoms with E-state index in [2.05, 4.69) is 10.1 Å². The molecule has 0 saturated carbocycles. The normalized spacial score (nSPS) is 11.4. The van der Waals surface area contributed by atoms with E-state index in [0.717, 1.165) is 21.5 Å². The van der Waals surface area contributed by atoms with Crippen molar-refractivity contribution in [2.45, 2.75) is 6.92 Å². The van der Waals surface area contributed by atoms with Gasteiger partial charge in [0.15, 0.2) is 0 Å². The molecule has 5 heteroatoms. The van der Waals surface area contributed by atoms with E-state index >= 15 is 0 Å². The predicted octanol–water partition coefficient (Wildman–Crippen LogP) is 4.32. The molecule has 0 unspecified atom stereocenters. The summed E-state index contributed by atoms with van der Waals surface area (Å²) in [4.78, 5) is 18.3. The Bertz CT molecular complexity index is 1110. The maximum Gasteiger partial charge on any atom is 0.283 e. The Morgan fingerprint density at radius 1 is 1.04 bits per heavy atom. The van der Waals surface area contributed by atoms with Crippen molar-refractivity contribution >= 4 is 27.8 Å². The zero-order valence-corrected chi connectivity index (χ0v) is 14.4. The summed E-state index contributed by atoms with van der Waals surface area (Å²) in [6.45, 7) is 1.80. The van der Waals surface area contributed by atoms with Crippen molar-refractivity contribution in [1.29, 1.82) is 0 Å². The second kappa shape index (κ2) is 6.45. The highest BCUT2D eigenvalue weighted by molar-refractivity contribution is 7.17. The molecule has 0 radical (unpaired) electrons. The predicted molar refractivity (Wildman–Crippen MR) is 103 cm³/mol. The molecular weight excluding hydrogens is 330 g/mol. The Labute approximate surface area is 148 Å². The monoisotopic (exact) mass is 345 g/mol. The van der Waals surface area contributed by atoms with Crippen LogP contribution in [0.15, 0.2) is 75.9 Å². The molecule has 2 aromatic carbocycles. The van der Waals surface area contributed by atoms with Crippen LogP contribution in [0.1, 0.15) is 11.4 Å². The summed E-state index contributed by atoms with van der Waals surface area (Å²) in [5.74, 6) is 0.575. The van der Waals surface area contributed by atoms with Gasteiger partial charge in [-0.15, -0.1) is 11.3 Å². The second-order valence-corrected chi connectivity index (χ2v) is 6.48. The van der Waals surface area contributed by atoms with Crippen LogP contribution in [0.2, 0.25) is 0 Å². The number of benzene rings is 2. The molecule has 0 N–H and O–H groups in total. The van der Waals surface area contributed by atoms with Gasteiger partial charge in [-0.2, -0.15) is 9.78 Å². The highest BCUT2D eigenvalue weighted by Gasteiger charge is 2.14. The Hall–Kier alpha value is -3.05. The molecule has 0 bridgehead atoms. The van der Waals surface area contributed by atoms with Gasteiger partial charge in [-0.25, -0.2) is 4.98 Å². The Morgan fingerprint density at radius 3 is 2.44 bits per heavy atom. The molecule has 0 aliphatic rings. The van der Waals surface area contributed by atoms with Crippen LogP contribution in [-0.2, 0) is 0 Å². The summed E-state index contributed by atoms with van der Waals surface area (Å²) in [6.07, 6.45) is 1.68. The van der Waals surface area contributed by atoms with E-state index < -0.39 is 0 Å². The van der Waals surface area contributed by atoms with Crippen molar-refractivity contribution in [3.05, 3.63) is 87.8 Å². The lowest BCUT2D eigenvalue weighted by Gasteiger charge is -2.04. The van der Waals surface area contributed by atoms with Gasteiger partial charge in [-0.3, -0.25) is 4.79 Å². The zero-order chi connectivity index (χ0) is 17.2. The lowest BCUT2D eigenvalue weighted by Crippen LogP contribution is -2.20. The van der Waals surface area contributed by atoms with Gasteiger partial charge >= 0.3 is 0 Å². The lowest BCUT2D eigenvalue weighted by molar-refractivity contribution is 0.772. The van der Waals surface area contributed by atoms with E-state index in [0.29, 0.717) is 11.2 Å². The molecule has 0 saturated heterocycles. The molecule has 4 nitrogen and oxygen atoms in total. The average molecular weight is 345 g/mol. The van der Waals surface area contributed by atoms with Crippen molar-refractivity contribution in [2.24, 2.45) is 5.10 Å². The van der Waals surface area contributed by atoms with Crippen LogP contribution in [0.3, 0.4) is 0 Å². The zero-order valence-electron chi connectivity index (χ0n) is 13.6. The number of nitrogens with zero attached hydrogens (tertiary/aromatic N) is 3. The third-order valence-electron chi connectivity index (χ3n) is 3.95. The van der Waals surface area contributed by atoms with Crippen LogP contribution in [0.25, 0.3) is 21.3 Å². The molecule has 2 aromatic heterocycles. The van der Waals surface area contributed by atoms with Crippen LogP contribution < -0.4 is 5.56 Å². The van der Waals surface area contributed by atoms with Crippen molar-refractivity contribution in [3.8, 4) is 11.1 Å². The molecule has 0 aliphatic carbocycles. The summed E-state index contributed by atoms with van der Waals surface area (Å²) < 4.78 is 1.37. The summed E-state index contributed by atoms with van der Waals surface area (Å²) in [5.41, 5.74) is 2.70. The van der Waals surface area contributed by atoms with E-state index in [9.17, 15) is 4.79 Å². The second-order valence-electron chi connectivity index (χ2n) is 5.63. The highest BCUT2D eigenvalue weighted by atomic mass is 32.1. The lowest BCUT2D eigenvalue weighted by atomic mass is 10.1. The first kappa shape index (κ1) is 15.5. The van der Waals surface area contributed by atoms with E-state index in [1.807, 2.05) is 66.0 Å². The number of rotatable bonds is 3. The van der Waals surface area contributed by atoms with Crippen LogP contribution in [-0.4, -0.2) is 15.9 Å². The molecule has 0 amide bonds. The molecule has 4 rings (SSSR count). The maximum absolute atomic E-state index is 13.0. The van der Waals surface area contributed by atoms with Gasteiger partial charge in [-0.1, -0.05) is 60.7 Å². The van der Waals surface area contributed by atoms with Crippen molar-refractivity contribution in [1.82, 2.24) is 9.66 Å². The van der Waals surface area contributed by atoms with E-state index in [1.54, 1.807) is 13.1 Å². The minimum atomic E-state index is -0.144. The summed E-state index contributed by atoms with van der Waals surface area (Å²) in [7, 11) is 0. The SMILES string of the molecule is Cc1nc2scc(-c3ccccc3)c2c(=O)n1/N=C\c1ccccc1. The topological polar surface area (TPSA) is 47.2 Å². The number of fused-ring (bicyclic) bond motifs is 1. The van der Waals surface area contributed by atoms with Gasteiger partial charge < -0.3 is 0 Å². The largest absolute Gasteiger partial charge is 0.283 e. The maximum atomic E-state index is 13.0. The Morgan fingerprint density at radius 2 is 1.72 bits per heavy atom. The quantitative estimate of drug-likeness (QED) is 0.519. The number of aryl methyl sites for hydroxylation is 1. The van der Waals surface area contributed by atoms with Gasteiger partial charge in [0.1, 0.15) is 10.7 Å². The molecule has 25 heavy (non-hydrogen) atoms.